The van der Waals surface area contributed by atoms with Gasteiger partial charge in [0, 0.05) is 38.0 Å². The van der Waals surface area contributed by atoms with Gasteiger partial charge in [0.05, 0.1) is 6.61 Å². The molecular formula is C25H26N2O2. The van der Waals surface area contributed by atoms with Crippen molar-refractivity contribution in [2.45, 2.75) is 26.1 Å². The first kappa shape index (κ1) is 19.2. The molecule has 0 unspecified atom stereocenters. The van der Waals surface area contributed by atoms with Crippen molar-refractivity contribution in [2.24, 2.45) is 0 Å². The van der Waals surface area contributed by atoms with Crippen molar-refractivity contribution in [3.05, 3.63) is 101 Å². The minimum Gasteiger partial charge on any atom is -0.380 e. The second-order valence-corrected chi connectivity index (χ2v) is 7.37. The molecule has 3 aromatic carbocycles. The number of fused-ring (bicyclic) bond motifs is 1. The molecule has 1 aliphatic heterocycles. The molecule has 0 fully saturated rings. The van der Waals surface area contributed by atoms with Gasteiger partial charge in [0.1, 0.15) is 0 Å². The maximum atomic E-state index is 12.6. The summed E-state index contributed by atoms with van der Waals surface area (Å²) in [6.45, 7) is 2.94. The van der Waals surface area contributed by atoms with Crippen molar-refractivity contribution in [2.75, 3.05) is 18.6 Å². The van der Waals surface area contributed by atoms with E-state index in [9.17, 15) is 4.79 Å². The van der Waals surface area contributed by atoms with E-state index < -0.39 is 0 Å². The maximum absolute atomic E-state index is 12.6. The molecular weight excluding hydrogens is 360 g/mol. The highest BCUT2D eigenvalue weighted by molar-refractivity contribution is 5.94. The average molecular weight is 386 g/mol. The van der Waals surface area contributed by atoms with Gasteiger partial charge >= 0.3 is 0 Å². The van der Waals surface area contributed by atoms with Crippen molar-refractivity contribution in [1.29, 1.82) is 0 Å². The maximum Gasteiger partial charge on any atom is 0.251 e. The van der Waals surface area contributed by atoms with Gasteiger partial charge < -0.3 is 15.0 Å². The van der Waals surface area contributed by atoms with Crippen LogP contribution in [0.5, 0.6) is 0 Å². The number of methoxy groups -OCH3 is 1. The molecule has 0 bridgehead atoms. The van der Waals surface area contributed by atoms with Gasteiger partial charge in [-0.25, -0.2) is 0 Å². The first-order valence-corrected chi connectivity index (χ1v) is 10.0. The van der Waals surface area contributed by atoms with Crippen LogP contribution in [0.2, 0.25) is 0 Å². The monoisotopic (exact) mass is 386 g/mol. The van der Waals surface area contributed by atoms with E-state index in [1.165, 1.54) is 11.1 Å². The van der Waals surface area contributed by atoms with Gasteiger partial charge in [-0.2, -0.15) is 0 Å². The smallest absolute Gasteiger partial charge is 0.251 e. The number of carbonyl (C=O) groups is 1. The molecule has 0 atom stereocenters. The van der Waals surface area contributed by atoms with Crippen LogP contribution in [0.25, 0.3) is 0 Å². The largest absolute Gasteiger partial charge is 0.380 e. The number of anilines is 1. The van der Waals surface area contributed by atoms with Crippen molar-refractivity contribution in [3.8, 4) is 0 Å². The molecule has 0 saturated heterocycles. The lowest BCUT2D eigenvalue weighted by molar-refractivity contribution is 0.0950. The predicted molar refractivity (Wildman–Crippen MR) is 116 cm³/mol. The van der Waals surface area contributed by atoms with Crippen LogP contribution < -0.4 is 10.2 Å². The minimum absolute atomic E-state index is 0.0623. The highest BCUT2D eigenvalue weighted by Gasteiger charge is 2.16. The number of hydrogen-bond acceptors (Lipinski definition) is 3. The van der Waals surface area contributed by atoms with Crippen molar-refractivity contribution in [1.82, 2.24) is 5.32 Å². The number of rotatable bonds is 6. The fourth-order valence-corrected chi connectivity index (χ4v) is 3.84. The van der Waals surface area contributed by atoms with Crippen LogP contribution in [0.3, 0.4) is 0 Å². The highest BCUT2D eigenvalue weighted by atomic mass is 16.5. The van der Waals surface area contributed by atoms with Gasteiger partial charge in [-0.1, -0.05) is 48.5 Å². The van der Waals surface area contributed by atoms with E-state index in [2.05, 4.69) is 34.5 Å². The quantitative estimate of drug-likeness (QED) is 0.686. The third-order valence-electron chi connectivity index (χ3n) is 5.48. The summed E-state index contributed by atoms with van der Waals surface area (Å²) in [5.74, 6) is -0.0623. The standard InChI is InChI=1S/C25H26N2O2/c1-29-18-23-9-5-3-7-21(23)16-26-25(28)20-10-12-24(13-11-20)27-15-14-19-6-2-4-8-22(19)17-27/h2-13H,14-18H2,1H3,(H,26,28). The molecule has 0 aromatic heterocycles. The summed E-state index contributed by atoms with van der Waals surface area (Å²) < 4.78 is 5.24. The normalized spacial score (nSPS) is 13.1. The summed E-state index contributed by atoms with van der Waals surface area (Å²) in [7, 11) is 1.68. The Morgan fingerprint density at radius 2 is 1.62 bits per heavy atom. The van der Waals surface area contributed by atoms with Crippen LogP contribution in [0.4, 0.5) is 5.69 Å². The third kappa shape index (κ3) is 4.49. The molecule has 0 saturated carbocycles. The van der Waals surface area contributed by atoms with E-state index in [4.69, 9.17) is 4.74 Å². The number of nitrogens with zero attached hydrogens (tertiary/aromatic N) is 1. The first-order chi connectivity index (χ1) is 14.2. The Morgan fingerprint density at radius 3 is 2.38 bits per heavy atom. The number of carbonyl (C=O) groups excluding carboxylic acids is 1. The highest BCUT2D eigenvalue weighted by Crippen LogP contribution is 2.24. The van der Waals surface area contributed by atoms with Crippen LogP contribution in [0.15, 0.2) is 72.8 Å². The summed E-state index contributed by atoms with van der Waals surface area (Å²) in [6, 6.07) is 24.5. The lowest BCUT2D eigenvalue weighted by Crippen LogP contribution is -2.30. The molecule has 3 aromatic rings. The van der Waals surface area contributed by atoms with E-state index in [1.807, 2.05) is 48.5 Å². The van der Waals surface area contributed by atoms with Crippen LogP contribution in [-0.4, -0.2) is 19.6 Å². The fraction of sp³-hybridized carbons (Fsp3) is 0.240. The van der Waals surface area contributed by atoms with Crippen molar-refractivity contribution >= 4 is 11.6 Å². The van der Waals surface area contributed by atoms with Gasteiger partial charge in [-0.3, -0.25) is 4.79 Å². The van der Waals surface area contributed by atoms with Gasteiger partial charge in [0.25, 0.3) is 5.91 Å². The van der Waals surface area contributed by atoms with Gasteiger partial charge in [0.2, 0.25) is 0 Å². The number of hydrogen-bond donors (Lipinski definition) is 1. The molecule has 1 amide bonds. The molecule has 1 heterocycles. The van der Waals surface area contributed by atoms with Crippen LogP contribution in [-0.2, 0) is 30.9 Å². The lowest BCUT2D eigenvalue weighted by Gasteiger charge is -2.30. The van der Waals surface area contributed by atoms with E-state index in [1.54, 1.807) is 7.11 Å². The fourth-order valence-electron chi connectivity index (χ4n) is 3.84. The number of nitrogens with one attached hydrogen (secondary N) is 1. The van der Waals surface area contributed by atoms with Crippen LogP contribution in [0.1, 0.15) is 32.6 Å². The topological polar surface area (TPSA) is 41.6 Å². The molecule has 0 radical (unpaired) electrons. The van der Waals surface area contributed by atoms with E-state index in [0.717, 1.165) is 36.3 Å². The molecule has 29 heavy (non-hydrogen) atoms. The molecule has 0 aliphatic carbocycles. The zero-order chi connectivity index (χ0) is 20.1. The van der Waals surface area contributed by atoms with E-state index >= 15 is 0 Å². The zero-order valence-electron chi connectivity index (χ0n) is 16.7. The Bertz CT molecular complexity index is 982. The SMILES string of the molecule is COCc1ccccc1CNC(=O)c1ccc(N2CCc3ccccc3C2)cc1. The predicted octanol–water partition coefficient (Wildman–Crippen LogP) is 4.33. The van der Waals surface area contributed by atoms with Crippen LogP contribution >= 0.6 is 0 Å². The summed E-state index contributed by atoms with van der Waals surface area (Å²) >= 11 is 0. The van der Waals surface area contributed by atoms with Crippen molar-refractivity contribution < 1.29 is 9.53 Å². The Labute approximate surface area is 172 Å². The second-order valence-electron chi connectivity index (χ2n) is 7.37. The number of benzene rings is 3. The lowest BCUT2D eigenvalue weighted by atomic mass is 9.99. The Kier molecular flexibility index (Phi) is 5.92. The first-order valence-electron chi connectivity index (χ1n) is 10.0. The Balaban J connectivity index is 1.39. The average Bonchev–Trinajstić information content (AvgIpc) is 2.78. The van der Waals surface area contributed by atoms with Gasteiger partial charge in [-0.05, 0) is 52.9 Å². The minimum atomic E-state index is -0.0623. The zero-order valence-corrected chi connectivity index (χ0v) is 16.7. The van der Waals surface area contributed by atoms with E-state index in [-0.39, 0.29) is 5.91 Å². The summed E-state index contributed by atoms with van der Waals surface area (Å²) in [5, 5.41) is 3.02. The molecule has 1 N–H and O–H groups in total. The van der Waals surface area contributed by atoms with E-state index in [0.29, 0.717) is 18.7 Å². The molecule has 0 spiro atoms. The van der Waals surface area contributed by atoms with Gasteiger partial charge in [-0.15, -0.1) is 0 Å². The number of ether oxygens (including phenoxy) is 1. The molecule has 4 nitrogen and oxygen atoms in total. The van der Waals surface area contributed by atoms with Crippen molar-refractivity contribution in [3.63, 3.8) is 0 Å². The molecule has 4 heteroatoms. The summed E-state index contributed by atoms with van der Waals surface area (Å²) in [5.41, 5.74) is 6.82. The Morgan fingerprint density at radius 1 is 0.931 bits per heavy atom. The number of amides is 1. The van der Waals surface area contributed by atoms with Gasteiger partial charge in [0.15, 0.2) is 0 Å². The molecule has 4 rings (SSSR count). The Hall–Kier alpha value is -3.11. The third-order valence-corrected chi connectivity index (χ3v) is 5.48. The van der Waals surface area contributed by atoms with Crippen LogP contribution in [0, 0.1) is 0 Å². The molecule has 148 valence electrons. The summed E-state index contributed by atoms with van der Waals surface area (Å²) in [4.78, 5) is 14.9. The summed E-state index contributed by atoms with van der Waals surface area (Å²) in [6.07, 6.45) is 1.05. The molecule has 1 aliphatic rings. The second kappa shape index (κ2) is 8.93.